The maximum atomic E-state index is 12.0. The summed E-state index contributed by atoms with van der Waals surface area (Å²) in [6, 6.07) is 1.73. The topological polar surface area (TPSA) is 62.5 Å². The summed E-state index contributed by atoms with van der Waals surface area (Å²) in [5.41, 5.74) is -0.160. The van der Waals surface area contributed by atoms with E-state index in [0.717, 1.165) is 31.4 Å². The van der Waals surface area contributed by atoms with Gasteiger partial charge in [0.2, 0.25) is 0 Å². The molecule has 0 saturated heterocycles. The van der Waals surface area contributed by atoms with Crippen molar-refractivity contribution >= 4 is 5.91 Å². The minimum Gasteiger partial charge on any atom is -0.466 e. The molecule has 18 heavy (non-hydrogen) atoms. The lowest BCUT2D eigenvalue weighted by molar-refractivity contribution is 0.00524. The Morgan fingerprint density at radius 2 is 2.06 bits per heavy atom. The third-order valence-electron chi connectivity index (χ3n) is 3.65. The van der Waals surface area contributed by atoms with Gasteiger partial charge in [-0.3, -0.25) is 4.79 Å². The third kappa shape index (κ3) is 2.93. The monoisotopic (exact) mass is 251 g/mol. The Bertz CT molecular complexity index is 430. The lowest BCUT2D eigenvalue weighted by Gasteiger charge is -2.32. The van der Waals surface area contributed by atoms with Crippen LogP contribution < -0.4 is 5.32 Å². The zero-order valence-corrected chi connectivity index (χ0v) is 11.1. The summed E-state index contributed by atoms with van der Waals surface area (Å²) in [4.78, 5) is 12.0. The van der Waals surface area contributed by atoms with Gasteiger partial charge in [-0.15, -0.1) is 0 Å². The van der Waals surface area contributed by atoms with Crippen molar-refractivity contribution in [2.24, 2.45) is 0 Å². The van der Waals surface area contributed by atoms with Crippen molar-refractivity contribution in [2.45, 2.75) is 51.6 Å². The number of rotatable bonds is 3. The van der Waals surface area contributed by atoms with Gasteiger partial charge in [0, 0.05) is 6.54 Å². The Kier molecular flexibility index (Phi) is 3.76. The molecule has 0 aromatic carbocycles. The zero-order chi connectivity index (χ0) is 13.2. The normalized spacial score (nSPS) is 18.6. The predicted molar refractivity (Wildman–Crippen MR) is 68.6 cm³/mol. The highest BCUT2D eigenvalue weighted by Gasteiger charge is 2.29. The molecule has 0 bridgehead atoms. The zero-order valence-electron chi connectivity index (χ0n) is 11.1. The molecule has 2 rings (SSSR count). The van der Waals surface area contributed by atoms with Crippen molar-refractivity contribution in [1.82, 2.24) is 5.32 Å². The largest absolute Gasteiger partial charge is 0.466 e. The molecule has 0 spiro atoms. The Morgan fingerprint density at radius 1 is 1.39 bits per heavy atom. The summed E-state index contributed by atoms with van der Waals surface area (Å²) in [6.07, 6.45) is 4.80. The van der Waals surface area contributed by atoms with Crippen molar-refractivity contribution in [3.05, 3.63) is 23.2 Å². The highest BCUT2D eigenvalue weighted by Crippen LogP contribution is 2.27. The third-order valence-corrected chi connectivity index (χ3v) is 3.65. The molecule has 0 radical (unpaired) electrons. The van der Waals surface area contributed by atoms with Crippen molar-refractivity contribution in [3.63, 3.8) is 0 Å². The molecule has 1 aliphatic carbocycles. The Hall–Kier alpha value is -1.29. The van der Waals surface area contributed by atoms with E-state index in [9.17, 15) is 9.90 Å². The Labute approximate surface area is 107 Å². The van der Waals surface area contributed by atoms with E-state index >= 15 is 0 Å². The average molecular weight is 251 g/mol. The van der Waals surface area contributed by atoms with Crippen molar-refractivity contribution in [1.29, 1.82) is 0 Å². The minimum absolute atomic E-state index is 0.164. The van der Waals surface area contributed by atoms with Crippen molar-refractivity contribution in [3.8, 4) is 0 Å². The van der Waals surface area contributed by atoms with Crippen LogP contribution in [0.3, 0.4) is 0 Å². The first kappa shape index (κ1) is 13.1. The Balaban J connectivity index is 1.94. The fourth-order valence-electron chi connectivity index (χ4n) is 2.58. The van der Waals surface area contributed by atoms with E-state index in [1.54, 1.807) is 13.0 Å². The molecule has 2 N–H and O–H groups in total. The van der Waals surface area contributed by atoms with Gasteiger partial charge in [-0.05, 0) is 32.8 Å². The number of amides is 1. The van der Waals surface area contributed by atoms with E-state index in [2.05, 4.69) is 5.32 Å². The number of aryl methyl sites for hydroxylation is 2. The van der Waals surface area contributed by atoms with Crippen LogP contribution in [0.1, 0.15) is 54.0 Å². The Morgan fingerprint density at radius 3 is 2.61 bits per heavy atom. The number of aliphatic hydroxyl groups is 1. The molecule has 0 aliphatic heterocycles. The first-order valence-electron chi connectivity index (χ1n) is 6.58. The van der Waals surface area contributed by atoms with Crippen LogP contribution in [0.2, 0.25) is 0 Å². The maximum Gasteiger partial charge on any atom is 0.254 e. The maximum absolute atomic E-state index is 12.0. The van der Waals surface area contributed by atoms with Crippen LogP contribution in [-0.2, 0) is 0 Å². The number of nitrogens with one attached hydrogen (secondary N) is 1. The quantitative estimate of drug-likeness (QED) is 0.866. The second kappa shape index (κ2) is 5.14. The second-order valence-electron chi connectivity index (χ2n) is 5.29. The van der Waals surface area contributed by atoms with E-state index in [1.807, 2.05) is 6.92 Å². The molecule has 4 heteroatoms. The number of carbonyl (C=O) groups excluding carboxylic acids is 1. The van der Waals surface area contributed by atoms with Gasteiger partial charge in [0.05, 0.1) is 11.2 Å². The van der Waals surface area contributed by atoms with Crippen LogP contribution in [0, 0.1) is 13.8 Å². The SMILES string of the molecule is Cc1cc(C(=O)NCC2(O)CCCCC2)c(C)o1. The van der Waals surface area contributed by atoms with Crippen LogP contribution in [-0.4, -0.2) is 23.2 Å². The van der Waals surface area contributed by atoms with E-state index in [-0.39, 0.29) is 5.91 Å². The number of furan rings is 1. The summed E-state index contributed by atoms with van der Waals surface area (Å²) < 4.78 is 5.33. The molecule has 1 heterocycles. The minimum atomic E-state index is -0.722. The average Bonchev–Trinajstić information content (AvgIpc) is 2.67. The van der Waals surface area contributed by atoms with Gasteiger partial charge in [-0.2, -0.15) is 0 Å². The van der Waals surface area contributed by atoms with Crippen molar-refractivity contribution < 1.29 is 14.3 Å². The van der Waals surface area contributed by atoms with E-state index in [0.29, 0.717) is 17.9 Å². The molecule has 1 aromatic heterocycles. The van der Waals surface area contributed by atoms with Crippen LogP contribution in [0.25, 0.3) is 0 Å². The van der Waals surface area contributed by atoms with Crippen LogP contribution in [0.15, 0.2) is 10.5 Å². The molecule has 1 amide bonds. The lowest BCUT2D eigenvalue weighted by atomic mass is 9.85. The molecule has 1 aliphatic rings. The number of carbonyl (C=O) groups is 1. The molecule has 0 atom stereocenters. The summed E-state index contributed by atoms with van der Waals surface area (Å²) in [5.74, 6) is 1.19. The van der Waals surface area contributed by atoms with Gasteiger partial charge in [-0.1, -0.05) is 19.3 Å². The number of hydrogen-bond acceptors (Lipinski definition) is 3. The van der Waals surface area contributed by atoms with Gasteiger partial charge in [0.25, 0.3) is 5.91 Å². The lowest BCUT2D eigenvalue weighted by Crippen LogP contribution is -2.44. The first-order chi connectivity index (χ1) is 8.50. The van der Waals surface area contributed by atoms with Gasteiger partial charge in [0.15, 0.2) is 0 Å². The van der Waals surface area contributed by atoms with Crippen molar-refractivity contribution in [2.75, 3.05) is 6.54 Å². The first-order valence-corrected chi connectivity index (χ1v) is 6.58. The van der Waals surface area contributed by atoms with Gasteiger partial charge in [-0.25, -0.2) is 0 Å². The standard InChI is InChI=1S/C14H21NO3/c1-10-8-12(11(2)18-10)13(16)15-9-14(17)6-4-3-5-7-14/h8,17H,3-7,9H2,1-2H3,(H,15,16). The van der Waals surface area contributed by atoms with E-state index in [4.69, 9.17) is 4.42 Å². The molecule has 1 saturated carbocycles. The molecule has 1 aromatic rings. The highest BCUT2D eigenvalue weighted by atomic mass is 16.3. The van der Waals surface area contributed by atoms with Gasteiger partial charge in [0.1, 0.15) is 11.5 Å². The molecule has 1 fully saturated rings. The summed E-state index contributed by atoms with van der Waals surface area (Å²) >= 11 is 0. The fraction of sp³-hybridized carbons (Fsp3) is 0.643. The highest BCUT2D eigenvalue weighted by molar-refractivity contribution is 5.95. The van der Waals surface area contributed by atoms with Gasteiger partial charge >= 0.3 is 0 Å². The molecule has 0 unspecified atom stereocenters. The van der Waals surface area contributed by atoms with E-state index in [1.165, 1.54) is 6.42 Å². The summed E-state index contributed by atoms with van der Waals surface area (Å²) in [6.45, 7) is 3.92. The second-order valence-corrected chi connectivity index (χ2v) is 5.29. The van der Waals surface area contributed by atoms with Crippen LogP contribution >= 0.6 is 0 Å². The van der Waals surface area contributed by atoms with Crippen LogP contribution in [0.4, 0.5) is 0 Å². The van der Waals surface area contributed by atoms with Crippen LogP contribution in [0.5, 0.6) is 0 Å². The summed E-state index contributed by atoms with van der Waals surface area (Å²) in [5, 5.41) is 13.1. The van der Waals surface area contributed by atoms with E-state index < -0.39 is 5.60 Å². The molecular formula is C14H21NO3. The molecular weight excluding hydrogens is 230 g/mol. The predicted octanol–water partition coefficient (Wildman–Crippen LogP) is 2.32. The molecule has 4 nitrogen and oxygen atoms in total. The van der Waals surface area contributed by atoms with Gasteiger partial charge < -0.3 is 14.8 Å². The molecule has 100 valence electrons. The summed E-state index contributed by atoms with van der Waals surface area (Å²) in [7, 11) is 0. The number of hydrogen-bond donors (Lipinski definition) is 2. The fourth-order valence-corrected chi connectivity index (χ4v) is 2.58. The smallest absolute Gasteiger partial charge is 0.254 e.